The Balaban J connectivity index is 2.44. The number of hydrogen-bond acceptors (Lipinski definition) is 2. The molecule has 1 heterocycles. The summed E-state index contributed by atoms with van der Waals surface area (Å²) in [5.41, 5.74) is 7.62. The first kappa shape index (κ1) is 15.3. The van der Waals surface area contributed by atoms with Crippen LogP contribution in [0.1, 0.15) is 44.1 Å². The molecule has 0 radical (unpaired) electrons. The summed E-state index contributed by atoms with van der Waals surface area (Å²) in [4.78, 5) is 4.49. The number of halogens is 1. The third kappa shape index (κ3) is 3.30. The largest absolute Gasteiger partial charge is 0.326 e. The smallest absolute Gasteiger partial charge is 0.109 e. The normalized spacial score (nSPS) is 14.2. The minimum absolute atomic E-state index is 0.0779. The van der Waals surface area contributed by atoms with Gasteiger partial charge in [-0.3, -0.25) is 0 Å². The Morgan fingerprint density at radius 2 is 2.15 bits per heavy atom. The van der Waals surface area contributed by atoms with Crippen molar-refractivity contribution >= 4 is 15.9 Å². The lowest BCUT2D eigenvalue weighted by Crippen LogP contribution is -2.33. The predicted molar refractivity (Wildman–Crippen MR) is 86.8 cm³/mol. The maximum atomic E-state index is 6.39. The van der Waals surface area contributed by atoms with Gasteiger partial charge < -0.3 is 10.3 Å². The minimum atomic E-state index is 0.0779. The number of nitrogens with zero attached hydrogens (tertiary/aromatic N) is 2. The molecule has 0 aliphatic rings. The van der Waals surface area contributed by atoms with E-state index in [2.05, 4.69) is 57.5 Å². The molecule has 0 amide bonds. The lowest BCUT2D eigenvalue weighted by molar-refractivity contribution is 0.445. The number of rotatable bonds is 6. The van der Waals surface area contributed by atoms with Crippen LogP contribution in [0.2, 0.25) is 0 Å². The van der Waals surface area contributed by atoms with Crippen molar-refractivity contribution in [3.63, 3.8) is 0 Å². The topological polar surface area (TPSA) is 43.8 Å². The van der Waals surface area contributed by atoms with E-state index in [4.69, 9.17) is 5.73 Å². The van der Waals surface area contributed by atoms with Gasteiger partial charge in [0.25, 0.3) is 0 Å². The molecular formula is C16H22BrN3. The summed E-state index contributed by atoms with van der Waals surface area (Å²) < 4.78 is 3.32. The van der Waals surface area contributed by atoms with Crippen LogP contribution in [0.5, 0.6) is 0 Å². The molecule has 20 heavy (non-hydrogen) atoms. The second kappa shape index (κ2) is 7.04. The molecule has 3 nitrogen and oxygen atoms in total. The third-order valence-corrected chi connectivity index (χ3v) is 4.08. The molecule has 2 atom stereocenters. The summed E-state index contributed by atoms with van der Waals surface area (Å²) in [5, 5.41) is 0. The molecule has 0 fully saturated rings. The Kier molecular flexibility index (Phi) is 5.38. The van der Waals surface area contributed by atoms with E-state index in [0.29, 0.717) is 0 Å². The molecule has 2 unspecified atom stereocenters. The van der Waals surface area contributed by atoms with Crippen LogP contribution >= 0.6 is 15.9 Å². The Morgan fingerprint density at radius 1 is 1.35 bits per heavy atom. The van der Waals surface area contributed by atoms with E-state index in [-0.39, 0.29) is 12.1 Å². The monoisotopic (exact) mass is 335 g/mol. The van der Waals surface area contributed by atoms with Crippen LogP contribution in [0.4, 0.5) is 0 Å². The van der Waals surface area contributed by atoms with Crippen molar-refractivity contribution in [3.05, 3.63) is 52.5 Å². The fraction of sp³-hybridized carbons (Fsp3) is 0.438. The predicted octanol–water partition coefficient (Wildman–Crippen LogP) is 3.92. The van der Waals surface area contributed by atoms with Gasteiger partial charge in [-0.2, -0.15) is 0 Å². The zero-order valence-electron chi connectivity index (χ0n) is 12.1. The van der Waals surface area contributed by atoms with Crippen molar-refractivity contribution < 1.29 is 0 Å². The summed E-state index contributed by atoms with van der Waals surface area (Å²) in [6.45, 7) is 4.30. The average Bonchev–Trinajstić information content (AvgIpc) is 2.87. The van der Waals surface area contributed by atoms with Gasteiger partial charge in [0.2, 0.25) is 0 Å². The second-order valence-corrected chi connectivity index (χ2v) is 5.99. The number of benzene rings is 1. The quantitative estimate of drug-likeness (QED) is 0.869. The number of imidazole rings is 1. The zero-order valence-corrected chi connectivity index (χ0v) is 13.7. The first-order valence-corrected chi connectivity index (χ1v) is 7.99. The molecule has 0 aliphatic carbocycles. The average molecular weight is 336 g/mol. The number of aryl methyl sites for hydroxylation is 1. The molecule has 1 aromatic carbocycles. The van der Waals surface area contributed by atoms with Gasteiger partial charge in [-0.05, 0) is 30.5 Å². The van der Waals surface area contributed by atoms with Gasteiger partial charge in [-0.25, -0.2) is 4.98 Å². The highest BCUT2D eigenvalue weighted by molar-refractivity contribution is 9.10. The SMILES string of the molecule is CCCc1nccn1C(c1cccc(Br)c1)C(N)CC. The molecule has 2 rings (SSSR count). The molecule has 0 bridgehead atoms. The highest BCUT2D eigenvalue weighted by Crippen LogP contribution is 2.27. The molecule has 2 aromatic rings. The van der Waals surface area contributed by atoms with Gasteiger partial charge in [0, 0.05) is 29.3 Å². The van der Waals surface area contributed by atoms with Crippen LogP contribution in [0.15, 0.2) is 41.1 Å². The summed E-state index contributed by atoms with van der Waals surface area (Å²) in [6.07, 6.45) is 6.92. The van der Waals surface area contributed by atoms with Crippen LogP contribution in [0.3, 0.4) is 0 Å². The van der Waals surface area contributed by atoms with Crippen LogP contribution in [0, 0.1) is 0 Å². The highest BCUT2D eigenvalue weighted by atomic mass is 79.9. The first-order valence-electron chi connectivity index (χ1n) is 7.20. The maximum Gasteiger partial charge on any atom is 0.109 e. The number of aromatic nitrogens is 2. The lowest BCUT2D eigenvalue weighted by Gasteiger charge is -2.27. The summed E-state index contributed by atoms with van der Waals surface area (Å²) in [7, 11) is 0. The molecule has 0 aliphatic heterocycles. The van der Waals surface area contributed by atoms with E-state index in [0.717, 1.165) is 29.6 Å². The fourth-order valence-electron chi connectivity index (χ4n) is 2.54. The van der Waals surface area contributed by atoms with Gasteiger partial charge in [-0.1, -0.05) is 41.9 Å². The van der Waals surface area contributed by atoms with Crippen LogP contribution in [-0.4, -0.2) is 15.6 Å². The van der Waals surface area contributed by atoms with Crippen molar-refractivity contribution in [2.75, 3.05) is 0 Å². The van der Waals surface area contributed by atoms with Gasteiger partial charge >= 0.3 is 0 Å². The van der Waals surface area contributed by atoms with Crippen molar-refractivity contribution in [3.8, 4) is 0 Å². The van der Waals surface area contributed by atoms with Gasteiger partial charge in [0.05, 0.1) is 6.04 Å². The van der Waals surface area contributed by atoms with E-state index < -0.39 is 0 Å². The Morgan fingerprint density at radius 3 is 2.80 bits per heavy atom. The molecule has 0 spiro atoms. The van der Waals surface area contributed by atoms with E-state index in [1.165, 1.54) is 5.56 Å². The molecule has 0 saturated heterocycles. The van der Waals surface area contributed by atoms with Crippen LogP contribution < -0.4 is 5.73 Å². The standard InChI is InChI=1S/C16H22BrN3/c1-3-6-15-19-9-10-20(15)16(14(18)4-2)12-7-5-8-13(17)11-12/h5,7-11,14,16H,3-4,6,18H2,1-2H3. The lowest BCUT2D eigenvalue weighted by atomic mass is 9.97. The van der Waals surface area contributed by atoms with Gasteiger partial charge in [0.1, 0.15) is 5.82 Å². The van der Waals surface area contributed by atoms with Crippen molar-refractivity contribution in [1.29, 1.82) is 0 Å². The first-order chi connectivity index (χ1) is 9.67. The molecule has 4 heteroatoms. The van der Waals surface area contributed by atoms with E-state index in [1.54, 1.807) is 0 Å². The molecule has 0 saturated carbocycles. The van der Waals surface area contributed by atoms with E-state index in [1.807, 2.05) is 18.5 Å². The molecular weight excluding hydrogens is 314 g/mol. The number of hydrogen-bond donors (Lipinski definition) is 1. The zero-order chi connectivity index (χ0) is 14.5. The van der Waals surface area contributed by atoms with E-state index >= 15 is 0 Å². The molecule has 1 aromatic heterocycles. The summed E-state index contributed by atoms with van der Waals surface area (Å²) in [5.74, 6) is 1.11. The van der Waals surface area contributed by atoms with Crippen LogP contribution in [-0.2, 0) is 6.42 Å². The fourth-order valence-corrected chi connectivity index (χ4v) is 2.96. The second-order valence-electron chi connectivity index (χ2n) is 5.07. The maximum absolute atomic E-state index is 6.39. The molecule has 2 N–H and O–H groups in total. The van der Waals surface area contributed by atoms with Crippen molar-refractivity contribution in [1.82, 2.24) is 9.55 Å². The van der Waals surface area contributed by atoms with Crippen molar-refractivity contribution in [2.45, 2.75) is 45.2 Å². The van der Waals surface area contributed by atoms with Gasteiger partial charge in [0.15, 0.2) is 0 Å². The summed E-state index contributed by atoms with van der Waals surface area (Å²) >= 11 is 3.55. The minimum Gasteiger partial charge on any atom is -0.326 e. The van der Waals surface area contributed by atoms with Crippen LogP contribution in [0.25, 0.3) is 0 Å². The van der Waals surface area contributed by atoms with Gasteiger partial charge in [-0.15, -0.1) is 0 Å². The Hall–Kier alpha value is -1.13. The van der Waals surface area contributed by atoms with Crippen molar-refractivity contribution in [2.24, 2.45) is 5.73 Å². The Bertz CT molecular complexity index is 550. The van der Waals surface area contributed by atoms with E-state index in [9.17, 15) is 0 Å². The summed E-state index contributed by atoms with van der Waals surface area (Å²) in [6, 6.07) is 8.61. The highest BCUT2D eigenvalue weighted by Gasteiger charge is 2.22. The third-order valence-electron chi connectivity index (χ3n) is 3.59. The Labute approximate surface area is 129 Å². The molecule has 108 valence electrons. The number of nitrogens with two attached hydrogens (primary N) is 1.